The number of hydrogen-bond acceptors (Lipinski definition) is 1. The maximum Gasteiger partial charge on any atom is 0.0384 e. The molecule has 90 valence electrons. The molecule has 1 aromatic carbocycles. The molecule has 0 unspecified atom stereocenters. The summed E-state index contributed by atoms with van der Waals surface area (Å²) in [5, 5.41) is 3.31. The number of nitrogens with one attached hydrogen (secondary N) is 1. The van der Waals surface area contributed by atoms with Crippen molar-refractivity contribution in [3.63, 3.8) is 0 Å². The van der Waals surface area contributed by atoms with Crippen molar-refractivity contribution in [2.45, 2.75) is 41.5 Å². The second kappa shape index (κ2) is 7.10. The van der Waals surface area contributed by atoms with Crippen molar-refractivity contribution >= 4 is 5.69 Å². The highest BCUT2D eigenvalue weighted by Gasteiger charge is 2.01. The van der Waals surface area contributed by atoms with Gasteiger partial charge in [0.2, 0.25) is 0 Å². The molecule has 0 saturated heterocycles. The molecule has 0 aromatic heterocycles. The van der Waals surface area contributed by atoms with Crippen LogP contribution in [0.5, 0.6) is 0 Å². The zero-order chi connectivity index (χ0) is 12.7. The minimum atomic E-state index is 0.469. The Morgan fingerprint density at radius 3 is 2.12 bits per heavy atom. The van der Waals surface area contributed by atoms with Crippen molar-refractivity contribution in [3.8, 4) is 0 Å². The molecule has 0 aliphatic carbocycles. The molecule has 1 N–H and O–H groups in total. The van der Waals surface area contributed by atoms with Gasteiger partial charge in [-0.1, -0.05) is 40.3 Å². The van der Waals surface area contributed by atoms with Crippen LogP contribution in [-0.2, 0) is 0 Å². The highest BCUT2D eigenvalue weighted by atomic mass is 14.9. The van der Waals surface area contributed by atoms with Crippen LogP contribution in [0.3, 0.4) is 0 Å². The smallest absolute Gasteiger partial charge is 0.0384 e. The van der Waals surface area contributed by atoms with E-state index in [4.69, 9.17) is 0 Å². The first-order valence-corrected chi connectivity index (χ1v) is 6.03. The van der Waals surface area contributed by atoms with E-state index in [0.717, 1.165) is 11.4 Å². The Morgan fingerprint density at radius 2 is 1.69 bits per heavy atom. The lowest BCUT2D eigenvalue weighted by Crippen LogP contribution is -2.04. The summed E-state index contributed by atoms with van der Waals surface area (Å²) >= 11 is 0. The quantitative estimate of drug-likeness (QED) is 0.761. The first-order valence-electron chi connectivity index (χ1n) is 6.03. The molecule has 1 heteroatoms. The van der Waals surface area contributed by atoms with Crippen LogP contribution in [0.1, 0.15) is 38.8 Å². The fraction of sp³-hybridized carbons (Fsp3) is 0.467. The van der Waals surface area contributed by atoms with Crippen LogP contribution in [0.25, 0.3) is 0 Å². The summed E-state index contributed by atoms with van der Waals surface area (Å²) in [6, 6.07) is 6.38. The van der Waals surface area contributed by atoms with Gasteiger partial charge in [-0.25, -0.2) is 0 Å². The van der Waals surface area contributed by atoms with E-state index in [0.29, 0.717) is 5.92 Å². The fourth-order valence-corrected chi connectivity index (χ4v) is 1.15. The molecule has 0 atom stereocenters. The number of allylic oxidation sites excluding steroid dienone is 1. The Balaban J connectivity index is 0.00000106. The third-order valence-electron chi connectivity index (χ3n) is 2.51. The van der Waals surface area contributed by atoms with Crippen LogP contribution in [0, 0.1) is 19.8 Å². The third kappa shape index (κ3) is 4.52. The Kier molecular flexibility index (Phi) is 6.55. The average molecular weight is 219 g/mol. The average Bonchev–Trinajstić information content (AvgIpc) is 2.26. The van der Waals surface area contributed by atoms with Gasteiger partial charge in [0.25, 0.3) is 0 Å². The lowest BCUT2D eigenvalue weighted by Gasteiger charge is -2.13. The molecule has 0 heterocycles. The topological polar surface area (TPSA) is 12.0 Å². The molecule has 1 nitrogen and oxygen atoms in total. The molecule has 0 bridgehead atoms. The summed E-state index contributed by atoms with van der Waals surface area (Å²) in [5.74, 6) is 0.469. The molecule has 0 spiro atoms. The second-order valence-electron chi connectivity index (χ2n) is 4.10. The van der Waals surface area contributed by atoms with Crippen molar-refractivity contribution < 1.29 is 0 Å². The predicted molar refractivity (Wildman–Crippen MR) is 74.9 cm³/mol. The summed E-state index contributed by atoms with van der Waals surface area (Å²) in [7, 11) is 0. The first-order chi connectivity index (χ1) is 7.50. The molecular formula is C15H25N. The van der Waals surface area contributed by atoms with Gasteiger partial charge in [0.05, 0.1) is 0 Å². The highest BCUT2D eigenvalue weighted by Crippen LogP contribution is 2.17. The van der Waals surface area contributed by atoms with Crippen molar-refractivity contribution in [2.24, 2.45) is 5.92 Å². The van der Waals surface area contributed by atoms with E-state index >= 15 is 0 Å². The molecule has 0 aliphatic heterocycles. The normalized spacial score (nSPS) is 9.44. The number of rotatable bonds is 3. The minimum absolute atomic E-state index is 0.469. The van der Waals surface area contributed by atoms with Gasteiger partial charge in [-0.2, -0.15) is 0 Å². The van der Waals surface area contributed by atoms with Gasteiger partial charge < -0.3 is 5.32 Å². The zero-order valence-corrected chi connectivity index (χ0v) is 11.5. The van der Waals surface area contributed by atoms with Gasteiger partial charge in [0, 0.05) is 11.4 Å². The van der Waals surface area contributed by atoms with E-state index in [1.807, 2.05) is 13.8 Å². The highest BCUT2D eigenvalue weighted by molar-refractivity contribution is 5.51. The fourth-order valence-electron chi connectivity index (χ4n) is 1.15. The number of benzene rings is 1. The lowest BCUT2D eigenvalue weighted by atomic mass is 10.1. The van der Waals surface area contributed by atoms with Crippen molar-refractivity contribution in [3.05, 3.63) is 41.6 Å². The number of aryl methyl sites for hydroxylation is 2. The molecular weight excluding hydrogens is 194 g/mol. The van der Waals surface area contributed by atoms with Crippen molar-refractivity contribution in [2.75, 3.05) is 5.32 Å². The van der Waals surface area contributed by atoms with E-state index in [1.54, 1.807) is 0 Å². The van der Waals surface area contributed by atoms with Crippen LogP contribution in [0.15, 0.2) is 30.5 Å². The van der Waals surface area contributed by atoms with Gasteiger partial charge in [-0.15, -0.1) is 0 Å². The SMILES string of the molecule is C=C(Nc1ccc(C)c(C)c1)C(C)C.CC. The van der Waals surface area contributed by atoms with Gasteiger partial charge in [-0.05, 0) is 43.0 Å². The summed E-state index contributed by atoms with van der Waals surface area (Å²) in [5.41, 5.74) is 4.83. The van der Waals surface area contributed by atoms with Gasteiger partial charge in [0.15, 0.2) is 0 Å². The Morgan fingerprint density at radius 1 is 1.12 bits per heavy atom. The Labute approximate surface area is 101 Å². The Hall–Kier alpha value is -1.24. The molecule has 1 rings (SSSR count). The standard InChI is InChI=1S/C13H19N.C2H6/c1-9(2)12(5)14-13-7-6-10(3)11(4)8-13;1-2/h6-9,14H,5H2,1-4H3;1-2H3. The maximum atomic E-state index is 3.99. The van der Waals surface area contributed by atoms with E-state index in [-0.39, 0.29) is 0 Å². The first kappa shape index (κ1) is 14.8. The molecule has 0 fully saturated rings. The van der Waals surface area contributed by atoms with Crippen LogP contribution in [0.2, 0.25) is 0 Å². The van der Waals surface area contributed by atoms with Crippen LogP contribution in [0.4, 0.5) is 5.69 Å². The number of anilines is 1. The summed E-state index contributed by atoms with van der Waals surface area (Å²) in [6.07, 6.45) is 0. The van der Waals surface area contributed by atoms with Crippen LogP contribution in [-0.4, -0.2) is 0 Å². The molecule has 16 heavy (non-hydrogen) atoms. The lowest BCUT2D eigenvalue weighted by molar-refractivity contribution is 0.778. The largest absolute Gasteiger partial charge is 0.359 e. The molecule has 0 aliphatic rings. The van der Waals surface area contributed by atoms with Gasteiger partial charge >= 0.3 is 0 Å². The van der Waals surface area contributed by atoms with Crippen molar-refractivity contribution in [1.82, 2.24) is 0 Å². The van der Waals surface area contributed by atoms with Crippen molar-refractivity contribution in [1.29, 1.82) is 0 Å². The molecule has 0 amide bonds. The van der Waals surface area contributed by atoms with E-state index in [9.17, 15) is 0 Å². The monoisotopic (exact) mass is 219 g/mol. The van der Waals surface area contributed by atoms with E-state index in [1.165, 1.54) is 11.1 Å². The van der Waals surface area contributed by atoms with Crippen LogP contribution >= 0.6 is 0 Å². The zero-order valence-electron chi connectivity index (χ0n) is 11.5. The molecule has 0 radical (unpaired) electrons. The summed E-state index contributed by atoms with van der Waals surface area (Å²) < 4.78 is 0. The second-order valence-corrected chi connectivity index (χ2v) is 4.10. The molecule has 0 saturated carbocycles. The van der Waals surface area contributed by atoms with Crippen LogP contribution < -0.4 is 5.32 Å². The molecule has 1 aromatic rings. The Bertz CT molecular complexity index is 337. The summed E-state index contributed by atoms with van der Waals surface area (Å²) in [4.78, 5) is 0. The summed E-state index contributed by atoms with van der Waals surface area (Å²) in [6.45, 7) is 16.5. The van der Waals surface area contributed by atoms with E-state index in [2.05, 4.69) is 57.8 Å². The number of hydrogen-bond donors (Lipinski definition) is 1. The predicted octanol–water partition coefficient (Wildman–Crippen LogP) is 4.91. The minimum Gasteiger partial charge on any atom is -0.359 e. The van der Waals surface area contributed by atoms with E-state index < -0.39 is 0 Å². The van der Waals surface area contributed by atoms with Gasteiger partial charge in [0.1, 0.15) is 0 Å². The maximum absolute atomic E-state index is 3.99. The van der Waals surface area contributed by atoms with Gasteiger partial charge in [-0.3, -0.25) is 0 Å². The third-order valence-corrected chi connectivity index (χ3v) is 2.51.